The quantitative estimate of drug-likeness (QED) is 0.732. The van der Waals surface area contributed by atoms with Gasteiger partial charge in [-0.15, -0.1) is 11.6 Å². The van der Waals surface area contributed by atoms with Crippen LogP contribution in [-0.2, 0) is 12.3 Å². The number of nitrogens with zero attached hydrogens (tertiary/aromatic N) is 1. The van der Waals surface area contributed by atoms with Crippen LogP contribution in [-0.4, -0.2) is 18.0 Å². The van der Waals surface area contributed by atoms with Crippen LogP contribution in [0.5, 0.6) is 5.88 Å². The minimum atomic E-state index is -2.49. The first-order chi connectivity index (χ1) is 7.15. The highest BCUT2D eigenvalue weighted by Crippen LogP contribution is 2.15. The molecular formula is C10H12ClF2NO. The lowest BCUT2D eigenvalue weighted by atomic mass is 10.2. The average Bonchev–Trinajstić information content (AvgIpc) is 2.25. The van der Waals surface area contributed by atoms with Crippen molar-refractivity contribution < 1.29 is 13.5 Å². The summed E-state index contributed by atoms with van der Waals surface area (Å²) >= 11 is 5.66. The third-order valence-corrected chi connectivity index (χ3v) is 2.10. The fourth-order valence-electron chi connectivity index (χ4n) is 1.10. The van der Waals surface area contributed by atoms with Gasteiger partial charge in [-0.1, -0.05) is 6.92 Å². The van der Waals surface area contributed by atoms with Crippen LogP contribution in [0.3, 0.4) is 0 Å². The van der Waals surface area contributed by atoms with Gasteiger partial charge >= 0.3 is 0 Å². The normalized spacial score (nSPS) is 10.7. The van der Waals surface area contributed by atoms with Crippen molar-refractivity contribution in [2.45, 2.75) is 25.7 Å². The summed E-state index contributed by atoms with van der Waals surface area (Å²) in [6.45, 7) is 1.29. The monoisotopic (exact) mass is 235 g/mol. The van der Waals surface area contributed by atoms with E-state index in [-0.39, 0.29) is 5.88 Å². The van der Waals surface area contributed by atoms with Crippen LogP contribution in [0, 0.1) is 0 Å². The number of hydrogen-bond donors (Lipinski definition) is 0. The molecule has 1 aromatic heterocycles. The number of ether oxygens (including phenoxy) is 1. The van der Waals surface area contributed by atoms with Crippen molar-refractivity contribution in [2.24, 2.45) is 0 Å². The summed E-state index contributed by atoms with van der Waals surface area (Å²) in [5.41, 5.74) is 1.62. The molecule has 2 nitrogen and oxygen atoms in total. The van der Waals surface area contributed by atoms with E-state index < -0.39 is 13.0 Å². The number of rotatable bonds is 5. The predicted octanol–water partition coefficient (Wildman–Crippen LogP) is 3.03. The molecule has 15 heavy (non-hydrogen) atoms. The van der Waals surface area contributed by atoms with E-state index >= 15 is 0 Å². The van der Waals surface area contributed by atoms with Gasteiger partial charge in [0.25, 0.3) is 6.43 Å². The highest BCUT2D eigenvalue weighted by atomic mass is 35.5. The van der Waals surface area contributed by atoms with Crippen LogP contribution < -0.4 is 4.74 Å². The molecule has 84 valence electrons. The highest BCUT2D eigenvalue weighted by molar-refractivity contribution is 6.17. The number of alkyl halides is 3. The molecule has 1 aromatic rings. The van der Waals surface area contributed by atoms with Crippen LogP contribution in [0.15, 0.2) is 12.1 Å². The van der Waals surface area contributed by atoms with E-state index in [4.69, 9.17) is 16.3 Å². The molecule has 0 spiro atoms. The van der Waals surface area contributed by atoms with Crippen LogP contribution in [0.25, 0.3) is 0 Å². The van der Waals surface area contributed by atoms with Gasteiger partial charge in [0.1, 0.15) is 0 Å². The first-order valence-corrected chi connectivity index (χ1v) is 5.16. The van der Waals surface area contributed by atoms with Crippen molar-refractivity contribution in [1.29, 1.82) is 0 Å². The molecule has 0 aliphatic rings. The first-order valence-electron chi connectivity index (χ1n) is 4.62. The SMILES string of the molecule is CCc1cc(CCl)cc(OCC(F)F)n1. The van der Waals surface area contributed by atoms with E-state index in [0.717, 1.165) is 17.7 Å². The average molecular weight is 236 g/mol. The highest BCUT2D eigenvalue weighted by Gasteiger charge is 2.06. The number of aromatic nitrogens is 1. The largest absolute Gasteiger partial charge is 0.472 e. The molecule has 0 saturated carbocycles. The lowest BCUT2D eigenvalue weighted by Crippen LogP contribution is -2.08. The Balaban J connectivity index is 2.77. The van der Waals surface area contributed by atoms with Crippen molar-refractivity contribution in [3.05, 3.63) is 23.4 Å². The summed E-state index contributed by atoms with van der Waals surface area (Å²) in [7, 11) is 0. The molecule has 5 heteroatoms. The third kappa shape index (κ3) is 4.00. The molecule has 0 aliphatic carbocycles. The molecule has 0 radical (unpaired) electrons. The molecule has 1 rings (SSSR count). The zero-order valence-electron chi connectivity index (χ0n) is 8.34. The van der Waals surface area contributed by atoms with Gasteiger partial charge < -0.3 is 4.74 Å². The van der Waals surface area contributed by atoms with E-state index in [9.17, 15) is 8.78 Å². The molecule has 0 amide bonds. The number of halogens is 3. The van der Waals surface area contributed by atoms with E-state index in [0.29, 0.717) is 5.88 Å². The standard InChI is InChI=1S/C10H12ClF2NO/c1-2-8-3-7(5-11)4-10(14-8)15-6-9(12)13/h3-4,9H,2,5-6H2,1H3. The van der Waals surface area contributed by atoms with E-state index in [1.54, 1.807) is 6.07 Å². The van der Waals surface area contributed by atoms with Gasteiger partial charge in [0, 0.05) is 17.6 Å². The summed E-state index contributed by atoms with van der Waals surface area (Å²) in [5, 5.41) is 0. The Morgan fingerprint density at radius 3 is 2.73 bits per heavy atom. The van der Waals surface area contributed by atoms with Crippen LogP contribution in [0.4, 0.5) is 8.78 Å². The molecule has 0 aromatic carbocycles. The van der Waals surface area contributed by atoms with Gasteiger partial charge in [0.15, 0.2) is 6.61 Å². The van der Waals surface area contributed by atoms with E-state index in [1.807, 2.05) is 13.0 Å². The Kier molecular flexibility index (Phi) is 4.75. The van der Waals surface area contributed by atoms with Gasteiger partial charge in [-0.05, 0) is 18.1 Å². The lowest BCUT2D eigenvalue weighted by molar-refractivity contribution is 0.0794. The molecule has 0 fully saturated rings. The maximum absolute atomic E-state index is 11.9. The van der Waals surface area contributed by atoms with E-state index in [1.165, 1.54) is 0 Å². The second-order valence-corrected chi connectivity index (χ2v) is 3.26. The van der Waals surface area contributed by atoms with Crippen LogP contribution in [0.2, 0.25) is 0 Å². The summed E-state index contributed by atoms with van der Waals surface area (Å²) < 4.78 is 28.6. The molecule has 0 N–H and O–H groups in total. The maximum atomic E-state index is 11.9. The molecule has 1 heterocycles. The summed E-state index contributed by atoms with van der Waals surface area (Å²) in [6, 6.07) is 3.41. The minimum absolute atomic E-state index is 0.213. The molecule has 0 bridgehead atoms. The van der Waals surface area contributed by atoms with Gasteiger partial charge in [-0.3, -0.25) is 0 Å². The predicted molar refractivity (Wildman–Crippen MR) is 54.7 cm³/mol. The summed E-state index contributed by atoms with van der Waals surface area (Å²) in [6.07, 6.45) is -1.77. The van der Waals surface area contributed by atoms with Crippen molar-refractivity contribution in [3.63, 3.8) is 0 Å². The molecule has 0 unspecified atom stereocenters. The zero-order chi connectivity index (χ0) is 11.3. The third-order valence-electron chi connectivity index (χ3n) is 1.79. The molecule has 0 aliphatic heterocycles. The van der Waals surface area contributed by atoms with Crippen molar-refractivity contribution in [1.82, 2.24) is 4.98 Å². The van der Waals surface area contributed by atoms with Gasteiger partial charge in [-0.25, -0.2) is 13.8 Å². The second kappa shape index (κ2) is 5.85. The Labute approximate surface area is 92.2 Å². The summed E-state index contributed by atoms with van der Waals surface area (Å²) in [4.78, 5) is 4.06. The van der Waals surface area contributed by atoms with Crippen molar-refractivity contribution in [2.75, 3.05) is 6.61 Å². The lowest BCUT2D eigenvalue weighted by Gasteiger charge is -2.07. The van der Waals surface area contributed by atoms with Gasteiger partial charge in [0.2, 0.25) is 5.88 Å². The fraction of sp³-hybridized carbons (Fsp3) is 0.500. The Morgan fingerprint density at radius 1 is 1.47 bits per heavy atom. The van der Waals surface area contributed by atoms with Crippen LogP contribution in [0.1, 0.15) is 18.2 Å². The Hall–Kier alpha value is -0.900. The molecular weight excluding hydrogens is 224 g/mol. The second-order valence-electron chi connectivity index (χ2n) is 2.99. The molecule has 0 atom stereocenters. The van der Waals surface area contributed by atoms with Crippen LogP contribution >= 0.6 is 11.6 Å². The number of pyridine rings is 1. The Morgan fingerprint density at radius 2 is 2.20 bits per heavy atom. The minimum Gasteiger partial charge on any atom is -0.472 e. The van der Waals surface area contributed by atoms with Crippen molar-refractivity contribution in [3.8, 4) is 5.88 Å². The zero-order valence-corrected chi connectivity index (χ0v) is 9.10. The van der Waals surface area contributed by atoms with Crippen molar-refractivity contribution >= 4 is 11.6 Å². The smallest absolute Gasteiger partial charge is 0.272 e. The number of aryl methyl sites for hydroxylation is 1. The van der Waals surface area contributed by atoms with E-state index in [2.05, 4.69) is 4.98 Å². The maximum Gasteiger partial charge on any atom is 0.272 e. The fourth-order valence-corrected chi connectivity index (χ4v) is 1.26. The van der Waals surface area contributed by atoms with Gasteiger partial charge in [0.05, 0.1) is 0 Å². The topological polar surface area (TPSA) is 22.1 Å². The number of hydrogen-bond acceptors (Lipinski definition) is 2. The molecule has 0 saturated heterocycles. The van der Waals surface area contributed by atoms with Gasteiger partial charge in [-0.2, -0.15) is 0 Å². The first kappa shape index (κ1) is 12.2. The summed E-state index contributed by atoms with van der Waals surface area (Å²) in [5.74, 6) is 0.533. The Bertz CT molecular complexity index is 298.